The van der Waals surface area contributed by atoms with Gasteiger partial charge in [-0.2, -0.15) is 0 Å². The van der Waals surface area contributed by atoms with E-state index in [4.69, 9.17) is 0 Å². The Hall–Kier alpha value is -1.47. The number of nitrogens with zero attached hydrogens (tertiary/aromatic N) is 1. The minimum absolute atomic E-state index is 0.0404. The van der Waals surface area contributed by atoms with Crippen molar-refractivity contribution in [1.82, 2.24) is 9.62 Å². The van der Waals surface area contributed by atoms with E-state index in [1.807, 2.05) is 0 Å². The molecule has 1 atom stereocenters. The second-order valence-electron chi connectivity index (χ2n) is 5.99. The lowest BCUT2D eigenvalue weighted by atomic mass is 10.0. The number of hydrogen-bond donors (Lipinski definition) is 1. The molecule has 0 aromatic heterocycles. The Morgan fingerprint density at radius 1 is 1.17 bits per heavy atom. The number of halogens is 1. The molecule has 0 saturated carbocycles. The van der Waals surface area contributed by atoms with Crippen LogP contribution >= 0.6 is 0 Å². The molecule has 0 bridgehead atoms. The summed E-state index contributed by atoms with van der Waals surface area (Å²) in [6, 6.07) is 4.87. The summed E-state index contributed by atoms with van der Waals surface area (Å²) in [7, 11) is -3.48. The Bertz CT molecular complexity index is 623. The molecule has 1 aromatic carbocycles. The number of hydrogen-bond acceptors (Lipinski definition) is 3. The third kappa shape index (κ3) is 5.91. The van der Waals surface area contributed by atoms with Crippen molar-refractivity contribution in [3.8, 4) is 0 Å². The predicted octanol–water partition coefficient (Wildman–Crippen LogP) is 2.21. The summed E-state index contributed by atoms with van der Waals surface area (Å²) in [4.78, 5) is 14.3. The Kier molecular flexibility index (Phi) is 6.12. The molecule has 1 aromatic rings. The summed E-state index contributed by atoms with van der Waals surface area (Å²) < 4.78 is 38.7. The van der Waals surface area contributed by atoms with Gasteiger partial charge in [-0.25, -0.2) is 17.5 Å². The van der Waals surface area contributed by atoms with Gasteiger partial charge in [-0.15, -0.1) is 0 Å². The van der Waals surface area contributed by atoms with Crippen LogP contribution in [0.4, 0.5) is 4.39 Å². The number of likely N-dealkylation sites (tertiary alicyclic amines) is 1. The summed E-state index contributed by atoms with van der Waals surface area (Å²) in [5.41, 5.74) is 0.583. The number of carbonyl (C=O) groups is 1. The van der Waals surface area contributed by atoms with Gasteiger partial charge in [0, 0.05) is 19.5 Å². The maximum Gasteiger partial charge on any atom is 0.224 e. The van der Waals surface area contributed by atoms with Crippen molar-refractivity contribution >= 4 is 15.9 Å². The van der Waals surface area contributed by atoms with Crippen molar-refractivity contribution in [3.63, 3.8) is 0 Å². The topological polar surface area (TPSA) is 66.5 Å². The van der Waals surface area contributed by atoms with Gasteiger partial charge in [0.15, 0.2) is 0 Å². The third-order valence-corrected chi connectivity index (χ3v) is 4.68. The zero-order valence-corrected chi connectivity index (χ0v) is 14.1. The standard InChI is InChI=1S/C16H23FN2O3S/c1-23(21,22)18-15(13-6-8-14(17)9-7-13)12-16(20)19-10-4-2-3-5-11-19/h6-9,15,18H,2-5,10-12H2,1H3/t15-/m0/s1. The van der Waals surface area contributed by atoms with Crippen LogP contribution in [-0.2, 0) is 14.8 Å². The largest absolute Gasteiger partial charge is 0.343 e. The molecule has 1 amide bonds. The molecule has 5 nitrogen and oxygen atoms in total. The summed E-state index contributed by atoms with van der Waals surface area (Å²) >= 11 is 0. The van der Waals surface area contributed by atoms with Crippen LogP contribution in [0.3, 0.4) is 0 Å². The molecule has 0 unspecified atom stereocenters. The Morgan fingerprint density at radius 3 is 2.26 bits per heavy atom. The predicted molar refractivity (Wildman–Crippen MR) is 86.8 cm³/mol. The normalized spacial score (nSPS) is 17.6. The molecule has 23 heavy (non-hydrogen) atoms. The van der Waals surface area contributed by atoms with Gasteiger partial charge in [0.25, 0.3) is 0 Å². The van der Waals surface area contributed by atoms with Gasteiger partial charge in [0.05, 0.1) is 12.3 Å². The Balaban J connectivity index is 2.13. The van der Waals surface area contributed by atoms with E-state index in [0.29, 0.717) is 18.7 Å². The van der Waals surface area contributed by atoms with E-state index < -0.39 is 21.9 Å². The van der Waals surface area contributed by atoms with E-state index in [1.54, 1.807) is 4.90 Å². The average molecular weight is 342 g/mol. The van der Waals surface area contributed by atoms with Crippen molar-refractivity contribution in [2.75, 3.05) is 19.3 Å². The summed E-state index contributed by atoms with van der Waals surface area (Å²) in [5.74, 6) is -0.469. The van der Waals surface area contributed by atoms with Crippen molar-refractivity contribution in [3.05, 3.63) is 35.6 Å². The molecule has 128 valence electrons. The van der Waals surface area contributed by atoms with Crippen molar-refractivity contribution < 1.29 is 17.6 Å². The zero-order chi connectivity index (χ0) is 16.9. The zero-order valence-electron chi connectivity index (χ0n) is 13.3. The summed E-state index contributed by atoms with van der Waals surface area (Å²) in [6.07, 6.45) is 5.29. The lowest BCUT2D eigenvalue weighted by molar-refractivity contribution is -0.131. The molecule has 0 spiro atoms. The van der Waals surface area contributed by atoms with Gasteiger partial charge in [0.2, 0.25) is 15.9 Å². The van der Waals surface area contributed by atoms with E-state index in [1.165, 1.54) is 24.3 Å². The number of benzene rings is 1. The van der Waals surface area contributed by atoms with Gasteiger partial charge < -0.3 is 4.90 Å². The average Bonchev–Trinajstić information content (AvgIpc) is 2.75. The maximum atomic E-state index is 13.1. The molecule has 0 radical (unpaired) electrons. The third-order valence-electron chi connectivity index (χ3n) is 3.97. The molecule has 1 aliphatic heterocycles. The van der Waals surface area contributed by atoms with Gasteiger partial charge in [0.1, 0.15) is 5.82 Å². The molecule has 1 heterocycles. The molecule has 0 aliphatic carbocycles. The van der Waals surface area contributed by atoms with Gasteiger partial charge in [-0.3, -0.25) is 4.79 Å². The highest BCUT2D eigenvalue weighted by molar-refractivity contribution is 7.88. The Morgan fingerprint density at radius 2 is 1.74 bits per heavy atom. The van der Waals surface area contributed by atoms with Crippen LogP contribution in [0.5, 0.6) is 0 Å². The fourth-order valence-corrected chi connectivity index (χ4v) is 3.54. The first kappa shape index (κ1) is 17.9. The molecular formula is C16H23FN2O3S. The van der Waals surface area contributed by atoms with Crippen LogP contribution in [0.2, 0.25) is 0 Å². The number of rotatable bonds is 5. The minimum Gasteiger partial charge on any atom is -0.343 e. The molecule has 7 heteroatoms. The second kappa shape index (κ2) is 7.88. The van der Waals surface area contributed by atoms with E-state index in [-0.39, 0.29) is 12.3 Å². The van der Waals surface area contributed by atoms with E-state index in [2.05, 4.69) is 4.72 Å². The first-order valence-electron chi connectivity index (χ1n) is 7.86. The molecule has 1 aliphatic rings. The molecule has 1 saturated heterocycles. The molecule has 2 rings (SSSR count). The number of nitrogens with one attached hydrogen (secondary N) is 1. The van der Waals surface area contributed by atoms with Crippen LogP contribution in [0.25, 0.3) is 0 Å². The highest BCUT2D eigenvalue weighted by atomic mass is 32.2. The number of amides is 1. The summed E-state index contributed by atoms with van der Waals surface area (Å²) in [6.45, 7) is 1.43. The monoisotopic (exact) mass is 342 g/mol. The molecular weight excluding hydrogens is 319 g/mol. The fourth-order valence-electron chi connectivity index (χ4n) is 2.80. The lowest BCUT2D eigenvalue weighted by Gasteiger charge is -2.24. The van der Waals surface area contributed by atoms with Crippen LogP contribution < -0.4 is 4.72 Å². The quantitative estimate of drug-likeness (QED) is 0.892. The number of sulfonamides is 1. The van der Waals surface area contributed by atoms with Crippen LogP contribution in [0.15, 0.2) is 24.3 Å². The van der Waals surface area contributed by atoms with Crippen LogP contribution in [-0.4, -0.2) is 38.6 Å². The highest BCUT2D eigenvalue weighted by Crippen LogP contribution is 2.21. The smallest absolute Gasteiger partial charge is 0.224 e. The molecule has 1 N–H and O–H groups in total. The van der Waals surface area contributed by atoms with Gasteiger partial charge in [-0.1, -0.05) is 25.0 Å². The van der Waals surface area contributed by atoms with Crippen molar-refractivity contribution in [1.29, 1.82) is 0 Å². The maximum absolute atomic E-state index is 13.1. The van der Waals surface area contributed by atoms with Crippen LogP contribution in [0.1, 0.15) is 43.7 Å². The van der Waals surface area contributed by atoms with Crippen molar-refractivity contribution in [2.45, 2.75) is 38.1 Å². The summed E-state index contributed by atoms with van der Waals surface area (Å²) in [5, 5.41) is 0. The first-order valence-corrected chi connectivity index (χ1v) is 9.75. The lowest BCUT2D eigenvalue weighted by Crippen LogP contribution is -2.36. The first-order chi connectivity index (χ1) is 10.8. The highest BCUT2D eigenvalue weighted by Gasteiger charge is 2.23. The molecule has 1 fully saturated rings. The number of carbonyl (C=O) groups excluding carboxylic acids is 1. The van der Waals surface area contributed by atoms with Gasteiger partial charge in [-0.05, 0) is 30.5 Å². The van der Waals surface area contributed by atoms with E-state index >= 15 is 0 Å². The van der Waals surface area contributed by atoms with E-state index in [0.717, 1.165) is 31.9 Å². The van der Waals surface area contributed by atoms with E-state index in [9.17, 15) is 17.6 Å². The van der Waals surface area contributed by atoms with Crippen molar-refractivity contribution in [2.24, 2.45) is 0 Å². The Labute approximate surface area is 136 Å². The minimum atomic E-state index is -3.48. The van der Waals surface area contributed by atoms with Crippen LogP contribution in [0, 0.1) is 5.82 Å². The SMILES string of the molecule is CS(=O)(=O)N[C@@H](CC(=O)N1CCCCCC1)c1ccc(F)cc1. The second-order valence-corrected chi connectivity index (χ2v) is 7.77. The van der Waals surface area contributed by atoms with Gasteiger partial charge >= 0.3 is 0 Å². The fraction of sp³-hybridized carbons (Fsp3) is 0.562.